The molecule has 2 aliphatic heterocycles. The first-order valence-corrected chi connectivity index (χ1v) is 18.5. The Labute approximate surface area is 330 Å². The number of nitrogens with zero attached hydrogens (tertiary/aromatic N) is 2. The van der Waals surface area contributed by atoms with E-state index in [9.17, 15) is 19.2 Å². The van der Waals surface area contributed by atoms with Crippen LogP contribution in [0.1, 0.15) is 88.7 Å². The van der Waals surface area contributed by atoms with Gasteiger partial charge in [-0.3, -0.25) is 29.0 Å². The first-order valence-electron chi connectivity index (χ1n) is 18.5. The number of hydrogen-bond acceptors (Lipinski definition) is 6. The highest BCUT2D eigenvalue weighted by molar-refractivity contribution is 6.22. The Balaban J connectivity index is 0.902. The zero-order chi connectivity index (χ0) is 39.8. The molecular formula is C49H38N2O6. The normalized spacial score (nSPS) is 13.4. The Kier molecular flexibility index (Phi) is 9.47. The monoisotopic (exact) mass is 750 g/mol. The maximum atomic E-state index is 13.3. The van der Waals surface area contributed by atoms with Crippen LogP contribution in [-0.4, -0.2) is 33.4 Å². The lowest BCUT2D eigenvalue weighted by Crippen LogP contribution is -2.29. The van der Waals surface area contributed by atoms with Gasteiger partial charge in [0.25, 0.3) is 23.6 Å². The summed E-state index contributed by atoms with van der Waals surface area (Å²) in [7, 11) is 0. The average Bonchev–Trinajstić information content (AvgIpc) is 3.61. The van der Waals surface area contributed by atoms with E-state index in [0.717, 1.165) is 33.4 Å². The van der Waals surface area contributed by atoms with Gasteiger partial charge in [0, 0.05) is 5.41 Å². The van der Waals surface area contributed by atoms with Crippen molar-refractivity contribution < 1.29 is 28.7 Å². The maximum Gasteiger partial charge on any atom is 0.262 e. The minimum atomic E-state index is -0.372. The summed E-state index contributed by atoms with van der Waals surface area (Å²) in [5, 5.41) is 0. The van der Waals surface area contributed by atoms with Crippen LogP contribution in [0.4, 0.5) is 0 Å². The van der Waals surface area contributed by atoms with E-state index in [4.69, 9.17) is 9.47 Å². The van der Waals surface area contributed by atoms with E-state index in [1.54, 1.807) is 48.6 Å². The van der Waals surface area contributed by atoms with Crippen molar-refractivity contribution in [3.8, 4) is 23.0 Å². The molecule has 0 fully saturated rings. The van der Waals surface area contributed by atoms with Gasteiger partial charge < -0.3 is 9.47 Å². The molecule has 0 saturated heterocycles. The largest absolute Gasteiger partial charge is 0.457 e. The van der Waals surface area contributed by atoms with Crippen LogP contribution in [0.2, 0.25) is 0 Å². The third-order valence-electron chi connectivity index (χ3n) is 10.6. The van der Waals surface area contributed by atoms with Crippen LogP contribution in [0, 0.1) is 0 Å². The van der Waals surface area contributed by atoms with Crippen molar-refractivity contribution in [2.45, 2.75) is 32.4 Å². The minimum Gasteiger partial charge on any atom is -0.457 e. The van der Waals surface area contributed by atoms with E-state index in [2.05, 4.69) is 27.0 Å². The highest BCUT2D eigenvalue weighted by Crippen LogP contribution is 2.36. The summed E-state index contributed by atoms with van der Waals surface area (Å²) >= 11 is 0. The van der Waals surface area contributed by atoms with Gasteiger partial charge in [0.05, 0.1) is 35.3 Å². The Morgan fingerprint density at radius 3 is 1.14 bits per heavy atom. The summed E-state index contributed by atoms with van der Waals surface area (Å²) < 4.78 is 12.3. The molecule has 0 atom stereocenters. The molecule has 8 heteroatoms. The predicted molar refractivity (Wildman–Crippen MR) is 220 cm³/mol. The van der Waals surface area contributed by atoms with Gasteiger partial charge in [0.15, 0.2) is 0 Å². The third kappa shape index (κ3) is 7.05. The first kappa shape index (κ1) is 36.6. The number of imide groups is 2. The van der Waals surface area contributed by atoms with Crippen molar-refractivity contribution in [2.24, 2.45) is 0 Å². The van der Waals surface area contributed by atoms with Crippen LogP contribution >= 0.6 is 0 Å². The van der Waals surface area contributed by atoms with Crippen LogP contribution in [0.3, 0.4) is 0 Å². The fraction of sp³-hybridized carbons (Fsp3) is 0.102. The van der Waals surface area contributed by atoms with Gasteiger partial charge in [-0.1, -0.05) is 112 Å². The summed E-state index contributed by atoms with van der Waals surface area (Å²) in [6.07, 6.45) is 3.49. The molecule has 0 aliphatic carbocycles. The van der Waals surface area contributed by atoms with E-state index in [-0.39, 0.29) is 42.1 Å². The highest BCUT2D eigenvalue weighted by atomic mass is 16.5. The van der Waals surface area contributed by atoms with Gasteiger partial charge in [-0.25, -0.2) is 0 Å². The van der Waals surface area contributed by atoms with Crippen molar-refractivity contribution in [3.05, 3.63) is 202 Å². The van der Waals surface area contributed by atoms with Crippen LogP contribution in [0.5, 0.6) is 23.0 Å². The SMILES string of the molecule is C=Cc1ccc(CN2C(=O)c3ccc(Oc4ccc(C(C)(C)c5ccc(Oc6ccc7c(c6)C(=O)N(Cc6ccc(C=C)cc6)C7=O)cc5)cc4)cc3C2=O)cc1. The lowest BCUT2D eigenvalue weighted by molar-refractivity contribution is 0.0627. The molecule has 0 radical (unpaired) electrons. The number of rotatable bonds is 12. The fourth-order valence-corrected chi connectivity index (χ4v) is 7.16. The molecule has 2 aliphatic rings. The molecule has 8 nitrogen and oxygen atoms in total. The zero-order valence-corrected chi connectivity index (χ0v) is 31.5. The van der Waals surface area contributed by atoms with Crippen LogP contribution in [-0.2, 0) is 18.5 Å². The fourth-order valence-electron chi connectivity index (χ4n) is 7.16. The van der Waals surface area contributed by atoms with E-state index >= 15 is 0 Å². The van der Waals surface area contributed by atoms with Crippen molar-refractivity contribution in [3.63, 3.8) is 0 Å². The van der Waals surface area contributed by atoms with Gasteiger partial charge in [0.1, 0.15) is 23.0 Å². The Hall–Kier alpha value is -7.32. The molecule has 57 heavy (non-hydrogen) atoms. The number of amides is 4. The standard InChI is InChI=1S/C49H38N2O6/c1-5-31-7-11-33(12-8-31)29-50-45(52)41-25-23-39(27-43(41)47(50)54)56-37-19-15-35(16-20-37)49(3,4)36-17-21-38(22-18-36)57-40-24-26-42-44(28-40)48(55)51(46(42)53)30-34-13-9-32(6-2)10-14-34/h5-28H,1-2,29-30H2,3-4H3. The molecule has 6 aromatic rings. The van der Waals surface area contributed by atoms with Crippen LogP contribution in [0.15, 0.2) is 147 Å². The number of benzene rings is 6. The van der Waals surface area contributed by atoms with E-state index < -0.39 is 0 Å². The molecule has 280 valence electrons. The van der Waals surface area contributed by atoms with E-state index in [0.29, 0.717) is 45.3 Å². The molecule has 4 amide bonds. The third-order valence-corrected chi connectivity index (χ3v) is 10.6. The molecule has 0 spiro atoms. The second-order valence-electron chi connectivity index (χ2n) is 14.6. The predicted octanol–water partition coefficient (Wildman–Crippen LogP) is 10.5. The number of hydrogen-bond donors (Lipinski definition) is 0. The summed E-state index contributed by atoms with van der Waals surface area (Å²) in [5.74, 6) is 0.744. The molecule has 0 aromatic heterocycles. The smallest absolute Gasteiger partial charge is 0.262 e. The topological polar surface area (TPSA) is 93.2 Å². The lowest BCUT2D eigenvalue weighted by Gasteiger charge is -2.26. The second-order valence-corrected chi connectivity index (χ2v) is 14.6. The Morgan fingerprint density at radius 1 is 0.456 bits per heavy atom. The van der Waals surface area contributed by atoms with Crippen molar-refractivity contribution in [1.29, 1.82) is 0 Å². The van der Waals surface area contributed by atoms with E-state index in [1.807, 2.05) is 97.1 Å². The quantitative estimate of drug-likeness (QED) is 0.116. The van der Waals surface area contributed by atoms with Crippen molar-refractivity contribution >= 4 is 35.8 Å². The van der Waals surface area contributed by atoms with Gasteiger partial charge in [-0.2, -0.15) is 0 Å². The molecule has 0 unspecified atom stereocenters. The number of carbonyl (C=O) groups excluding carboxylic acids is 4. The average molecular weight is 751 g/mol. The molecule has 0 N–H and O–H groups in total. The Bertz CT molecular complexity index is 2410. The van der Waals surface area contributed by atoms with Gasteiger partial charge in [-0.15, -0.1) is 0 Å². The number of ether oxygens (including phenoxy) is 2. The Morgan fingerprint density at radius 2 is 0.789 bits per heavy atom. The molecule has 8 rings (SSSR count). The lowest BCUT2D eigenvalue weighted by atomic mass is 9.78. The molecule has 0 bridgehead atoms. The molecule has 2 heterocycles. The van der Waals surface area contributed by atoms with Gasteiger partial charge >= 0.3 is 0 Å². The first-order chi connectivity index (χ1) is 27.5. The summed E-state index contributed by atoms with van der Waals surface area (Å²) in [5.41, 5.74) is 6.71. The molecular weight excluding hydrogens is 713 g/mol. The molecule has 6 aromatic carbocycles. The highest BCUT2D eigenvalue weighted by Gasteiger charge is 2.37. The molecule has 0 saturated carbocycles. The zero-order valence-electron chi connectivity index (χ0n) is 31.5. The summed E-state index contributed by atoms with van der Waals surface area (Å²) in [6, 6.07) is 40.6. The summed E-state index contributed by atoms with van der Waals surface area (Å²) in [4.78, 5) is 55.3. The number of fused-ring (bicyclic) bond motifs is 2. The van der Waals surface area contributed by atoms with E-state index in [1.165, 1.54) is 9.80 Å². The second kappa shape index (κ2) is 14.7. The summed E-state index contributed by atoms with van der Waals surface area (Å²) in [6.45, 7) is 12.1. The van der Waals surface area contributed by atoms with Crippen LogP contribution in [0.25, 0.3) is 12.2 Å². The van der Waals surface area contributed by atoms with Gasteiger partial charge in [0.2, 0.25) is 0 Å². The minimum absolute atomic E-state index is 0.180. The maximum absolute atomic E-state index is 13.3. The van der Waals surface area contributed by atoms with Crippen molar-refractivity contribution in [1.82, 2.24) is 9.80 Å². The van der Waals surface area contributed by atoms with Crippen molar-refractivity contribution in [2.75, 3.05) is 0 Å². The van der Waals surface area contributed by atoms with Gasteiger partial charge in [-0.05, 0) is 94.0 Å². The number of carbonyl (C=O) groups is 4. The van der Waals surface area contributed by atoms with Crippen LogP contribution < -0.4 is 9.47 Å².